The van der Waals surface area contributed by atoms with Crippen LogP contribution in [0.25, 0.3) is 28.1 Å². The van der Waals surface area contributed by atoms with Crippen LogP contribution in [-0.4, -0.2) is 32.8 Å². The molecule has 0 radical (unpaired) electrons. The summed E-state index contributed by atoms with van der Waals surface area (Å²) in [4.78, 5) is 11.9. The molecular weight excluding hydrogens is 405 g/mol. The lowest BCUT2D eigenvalue weighted by molar-refractivity contribution is -0.124. The van der Waals surface area contributed by atoms with Crippen molar-refractivity contribution in [2.45, 2.75) is 58.8 Å². The Bertz CT molecular complexity index is 1100. The molecular formula is C27H32FNO3. The molecule has 0 aliphatic carbocycles. The van der Waals surface area contributed by atoms with Gasteiger partial charge in [-0.1, -0.05) is 50.3 Å². The first-order chi connectivity index (χ1) is 15.2. The van der Waals surface area contributed by atoms with E-state index >= 15 is 0 Å². The molecule has 3 aromatic rings. The number of rotatable bonds is 9. The molecule has 2 unspecified atom stereocenters. The van der Waals surface area contributed by atoms with Crippen LogP contribution in [0, 0.1) is 11.7 Å². The fraction of sp³-hybridized carbons (Fsp3) is 0.370. The number of nitrogens with zero attached hydrogens (tertiary/aromatic N) is 1. The van der Waals surface area contributed by atoms with E-state index in [1.807, 2.05) is 24.3 Å². The molecule has 32 heavy (non-hydrogen) atoms. The van der Waals surface area contributed by atoms with Gasteiger partial charge in [0.25, 0.3) is 0 Å². The van der Waals surface area contributed by atoms with Gasteiger partial charge in [-0.05, 0) is 43.7 Å². The second-order valence-corrected chi connectivity index (χ2v) is 8.89. The van der Waals surface area contributed by atoms with Crippen LogP contribution in [-0.2, 0) is 4.79 Å². The van der Waals surface area contributed by atoms with Gasteiger partial charge in [-0.25, -0.2) is 4.39 Å². The molecule has 3 rings (SSSR count). The van der Waals surface area contributed by atoms with Crippen molar-refractivity contribution in [3.05, 3.63) is 66.1 Å². The number of aromatic nitrogens is 1. The number of hydrogen-bond acceptors (Lipinski definition) is 3. The SMILES string of the molecule is CC(C)C(=O)CC(O)CC(O)/C=C/c1c(-c2ccc(F)cc2)c2ccccc2n1C(C)C. The smallest absolute Gasteiger partial charge is 0.137 e. The molecule has 2 aromatic carbocycles. The van der Waals surface area contributed by atoms with Gasteiger partial charge in [0.2, 0.25) is 0 Å². The third-order valence-corrected chi connectivity index (χ3v) is 5.67. The maximum Gasteiger partial charge on any atom is 0.137 e. The number of aliphatic hydroxyl groups is 2. The summed E-state index contributed by atoms with van der Waals surface area (Å²) in [5, 5.41) is 21.8. The van der Waals surface area contributed by atoms with Crippen molar-refractivity contribution < 1.29 is 19.4 Å². The van der Waals surface area contributed by atoms with Crippen LogP contribution in [0.1, 0.15) is 52.3 Å². The van der Waals surface area contributed by atoms with E-state index in [0.717, 1.165) is 27.7 Å². The summed E-state index contributed by atoms with van der Waals surface area (Å²) in [5.41, 5.74) is 3.81. The number of para-hydroxylation sites is 1. The Morgan fingerprint density at radius 2 is 1.69 bits per heavy atom. The fourth-order valence-corrected chi connectivity index (χ4v) is 4.03. The molecule has 0 spiro atoms. The Morgan fingerprint density at radius 3 is 2.31 bits per heavy atom. The van der Waals surface area contributed by atoms with Crippen LogP contribution < -0.4 is 0 Å². The lowest BCUT2D eigenvalue weighted by Gasteiger charge is -2.15. The van der Waals surface area contributed by atoms with Crippen molar-refractivity contribution in [1.82, 2.24) is 4.57 Å². The maximum absolute atomic E-state index is 13.6. The van der Waals surface area contributed by atoms with Crippen LogP contribution in [0.15, 0.2) is 54.6 Å². The van der Waals surface area contributed by atoms with Crippen LogP contribution in [0.5, 0.6) is 0 Å². The lowest BCUT2D eigenvalue weighted by Crippen LogP contribution is -2.21. The van der Waals surface area contributed by atoms with Gasteiger partial charge in [0.05, 0.1) is 12.2 Å². The van der Waals surface area contributed by atoms with Crippen LogP contribution in [0.4, 0.5) is 4.39 Å². The van der Waals surface area contributed by atoms with E-state index < -0.39 is 12.2 Å². The minimum Gasteiger partial charge on any atom is -0.393 e. The van der Waals surface area contributed by atoms with Crippen molar-refractivity contribution >= 4 is 22.8 Å². The number of carbonyl (C=O) groups excluding carboxylic acids is 1. The van der Waals surface area contributed by atoms with Gasteiger partial charge in [0.1, 0.15) is 11.6 Å². The molecule has 4 nitrogen and oxygen atoms in total. The zero-order chi connectivity index (χ0) is 23.4. The summed E-state index contributed by atoms with van der Waals surface area (Å²) in [5.74, 6) is -0.455. The average Bonchev–Trinajstić information content (AvgIpc) is 3.07. The van der Waals surface area contributed by atoms with Crippen molar-refractivity contribution in [2.24, 2.45) is 5.92 Å². The number of benzene rings is 2. The molecule has 0 bridgehead atoms. The van der Waals surface area contributed by atoms with Gasteiger partial charge in [-0.2, -0.15) is 0 Å². The number of halogens is 1. The third kappa shape index (κ3) is 5.34. The van der Waals surface area contributed by atoms with E-state index in [2.05, 4.69) is 24.5 Å². The molecule has 0 aliphatic rings. The zero-order valence-electron chi connectivity index (χ0n) is 19.1. The predicted molar refractivity (Wildman–Crippen MR) is 128 cm³/mol. The van der Waals surface area contributed by atoms with Gasteiger partial charge in [0, 0.05) is 47.0 Å². The summed E-state index contributed by atoms with van der Waals surface area (Å²) in [6, 6.07) is 14.6. The Hall–Kier alpha value is -2.76. The number of aliphatic hydroxyl groups excluding tert-OH is 2. The monoisotopic (exact) mass is 437 g/mol. The minimum absolute atomic E-state index is 0.0211. The standard InChI is InChI=1S/C27H32FNO3/c1-17(2)26(32)16-22(31)15-21(30)13-14-25-27(19-9-11-20(28)12-10-19)23-7-5-6-8-24(23)29(25)18(3)4/h5-14,17-18,21-22,30-31H,15-16H2,1-4H3/b14-13+. The summed E-state index contributed by atoms with van der Waals surface area (Å²) in [6.07, 6.45) is 1.85. The Morgan fingerprint density at radius 1 is 1.03 bits per heavy atom. The van der Waals surface area contributed by atoms with Crippen molar-refractivity contribution in [3.63, 3.8) is 0 Å². The van der Waals surface area contributed by atoms with Crippen LogP contribution in [0.2, 0.25) is 0 Å². The Kier molecular flexibility index (Phi) is 7.64. The molecule has 0 saturated heterocycles. The highest BCUT2D eigenvalue weighted by Gasteiger charge is 2.20. The second kappa shape index (κ2) is 10.2. The second-order valence-electron chi connectivity index (χ2n) is 8.89. The van der Waals surface area contributed by atoms with Crippen molar-refractivity contribution in [2.75, 3.05) is 0 Å². The Labute approximate surface area is 189 Å². The fourth-order valence-electron chi connectivity index (χ4n) is 4.03. The first-order valence-corrected chi connectivity index (χ1v) is 11.1. The van der Waals surface area contributed by atoms with Crippen LogP contribution >= 0.6 is 0 Å². The van der Waals surface area contributed by atoms with Crippen molar-refractivity contribution in [1.29, 1.82) is 0 Å². The van der Waals surface area contributed by atoms with Gasteiger partial charge < -0.3 is 14.8 Å². The minimum atomic E-state index is -0.898. The van der Waals surface area contributed by atoms with Crippen LogP contribution in [0.3, 0.4) is 0 Å². The average molecular weight is 438 g/mol. The molecule has 0 saturated carbocycles. The normalized spacial score (nSPS) is 14.0. The van der Waals surface area contributed by atoms with Gasteiger partial charge in [-0.3, -0.25) is 4.79 Å². The number of hydrogen-bond donors (Lipinski definition) is 2. The summed E-state index contributed by atoms with van der Waals surface area (Å²) < 4.78 is 15.8. The quantitative estimate of drug-likeness (QED) is 0.447. The summed E-state index contributed by atoms with van der Waals surface area (Å²) in [7, 11) is 0. The molecule has 1 aromatic heterocycles. The molecule has 0 aliphatic heterocycles. The predicted octanol–water partition coefficient (Wildman–Crippen LogP) is 5.77. The zero-order valence-corrected chi connectivity index (χ0v) is 19.1. The van der Waals surface area contributed by atoms with Crippen molar-refractivity contribution in [3.8, 4) is 11.1 Å². The number of Topliss-reactive ketones (excluding diaryl/α,β-unsaturated/α-hetero) is 1. The molecule has 2 atom stereocenters. The molecule has 5 heteroatoms. The lowest BCUT2D eigenvalue weighted by atomic mass is 9.99. The first-order valence-electron chi connectivity index (χ1n) is 11.1. The van der Waals surface area contributed by atoms with Gasteiger partial charge in [0.15, 0.2) is 0 Å². The van der Waals surface area contributed by atoms with E-state index in [4.69, 9.17) is 0 Å². The van der Waals surface area contributed by atoms with E-state index in [1.54, 1.807) is 32.1 Å². The maximum atomic E-state index is 13.6. The number of carbonyl (C=O) groups is 1. The van der Waals surface area contributed by atoms with E-state index in [9.17, 15) is 19.4 Å². The van der Waals surface area contributed by atoms with E-state index in [1.165, 1.54) is 12.1 Å². The number of fused-ring (bicyclic) bond motifs is 1. The van der Waals surface area contributed by atoms with E-state index in [0.29, 0.717) is 0 Å². The summed E-state index contributed by atoms with van der Waals surface area (Å²) >= 11 is 0. The molecule has 170 valence electrons. The highest BCUT2D eigenvalue weighted by molar-refractivity contribution is 6.01. The molecule has 0 amide bonds. The van der Waals surface area contributed by atoms with E-state index in [-0.39, 0.29) is 36.4 Å². The molecule has 0 fully saturated rings. The highest BCUT2D eigenvalue weighted by Crippen LogP contribution is 2.38. The topological polar surface area (TPSA) is 62.5 Å². The third-order valence-electron chi connectivity index (χ3n) is 5.67. The highest BCUT2D eigenvalue weighted by atomic mass is 19.1. The number of ketones is 1. The largest absolute Gasteiger partial charge is 0.393 e. The first kappa shape index (κ1) is 23.9. The van der Waals surface area contributed by atoms with Gasteiger partial charge in [-0.15, -0.1) is 0 Å². The summed E-state index contributed by atoms with van der Waals surface area (Å²) in [6.45, 7) is 7.78. The molecule has 1 heterocycles. The molecule has 2 N–H and O–H groups in total. The Balaban J connectivity index is 1.99. The van der Waals surface area contributed by atoms with Gasteiger partial charge >= 0.3 is 0 Å².